The van der Waals surface area contributed by atoms with Crippen molar-refractivity contribution >= 4 is 34.7 Å². The van der Waals surface area contributed by atoms with E-state index < -0.39 is 0 Å². The maximum atomic E-state index is 5.63. The van der Waals surface area contributed by atoms with E-state index in [-0.39, 0.29) is 0 Å². The maximum absolute atomic E-state index is 5.63. The van der Waals surface area contributed by atoms with E-state index >= 15 is 0 Å². The van der Waals surface area contributed by atoms with E-state index in [0.717, 1.165) is 17.9 Å². The van der Waals surface area contributed by atoms with Gasteiger partial charge in [-0.25, -0.2) is 0 Å². The van der Waals surface area contributed by atoms with Gasteiger partial charge in [0.1, 0.15) is 10.7 Å². The molecule has 0 amide bonds. The lowest BCUT2D eigenvalue weighted by atomic mass is 10.2. The molecule has 1 heterocycles. The Bertz CT molecular complexity index is 355. The van der Waals surface area contributed by atoms with Crippen LogP contribution in [0.1, 0.15) is 19.0 Å². The quantitative estimate of drug-likeness (QED) is 0.764. The van der Waals surface area contributed by atoms with Crippen molar-refractivity contribution in [3.05, 3.63) is 24.0 Å². The highest BCUT2D eigenvalue weighted by atomic mass is 32.2. The van der Waals surface area contributed by atoms with E-state index in [2.05, 4.69) is 23.5 Å². The van der Waals surface area contributed by atoms with Crippen LogP contribution in [0.2, 0.25) is 0 Å². The summed E-state index contributed by atoms with van der Waals surface area (Å²) in [6.45, 7) is 2.16. The minimum Gasteiger partial charge on any atom is -0.388 e. The number of hydrogen-bond donors (Lipinski definition) is 2. The van der Waals surface area contributed by atoms with Crippen LogP contribution >= 0.6 is 24.0 Å². The third-order valence-corrected chi connectivity index (χ3v) is 3.19. The molecule has 3 nitrogen and oxygen atoms in total. The lowest BCUT2D eigenvalue weighted by Gasteiger charge is -2.18. The normalized spacial score (nSPS) is 12.1. The minimum atomic E-state index is 0.335. The van der Waals surface area contributed by atoms with Crippen LogP contribution in [0.5, 0.6) is 0 Å². The zero-order valence-corrected chi connectivity index (χ0v) is 11.2. The Balaban J connectivity index is 2.82. The van der Waals surface area contributed by atoms with Gasteiger partial charge in [0.2, 0.25) is 0 Å². The Morgan fingerprint density at radius 1 is 1.69 bits per heavy atom. The molecule has 0 aliphatic heterocycles. The highest BCUT2D eigenvalue weighted by molar-refractivity contribution is 7.98. The Morgan fingerprint density at radius 3 is 3.00 bits per heavy atom. The summed E-state index contributed by atoms with van der Waals surface area (Å²) in [7, 11) is 0. The zero-order valence-electron chi connectivity index (χ0n) is 9.56. The number of pyridine rings is 1. The third kappa shape index (κ3) is 3.64. The number of anilines is 1. The fourth-order valence-electron chi connectivity index (χ4n) is 1.40. The van der Waals surface area contributed by atoms with Gasteiger partial charge in [-0.05, 0) is 24.8 Å². The van der Waals surface area contributed by atoms with Crippen molar-refractivity contribution in [2.24, 2.45) is 5.73 Å². The predicted molar refractivity (Wildman–Crippen MR) is 76.2 cm³/mol. The molecular weight excluding hydrogens is 238 g/mol. The molecule has 0 spiro atoms. The molecule has 1 aromatic heterocycles. The first-order valence-electron chi connectivity index (χ1n) is 5.19. The summed E-state index contributed by atoms with van der Waals surface area (Å²) in [5, 5.41) is 3.43. The maximum Gasteiger partial charge on any atom is 0.124 e. The summed E-state index contributed by atoms with van der Waals surface area (Å²) in [6, 6.07) is 4.27. The molecular formula is C11H17N3S2. The average Bonchev–Trinajstić information content (AvgIpc) is 2.29. The molecule has 16 heavy (non-hydrogen) atoms. The first-order valence-corrected chi connectivity index (χ1v) is 6.99. The molecule has 0 bridgehead atoms. The molecule has 0 saturated carbocycles. The van der Waals surface area contributed by atoms with Crippen molar-refractivity contribution in [3.63, 3.8) is 0 Å². The summed E-state index contributed by atoms with van der Waals surface area (Å²) < 4.78 is 0. The lowest BCUT2D eigenvalue weighted by molar-refractivity contribution is 0.774. The summed E-state index contributed by atoms with van der Waals surface area (Å²) in [4.78, 5) is 4.53. The van der Waals surface area contributed by atoms with E-state index in [0.29, 0.717) is 16.7 Å². The number of thiocarbonyl (C=S) groups is 1. The van der Waals surface area contributed by atoms with Crippen LogP contribution < -0.4 is 11.1 Å². The average molecular weight is 255 g/mol. The second-order valence-electron chi connectivity index (χ2n) is 3.47. The van der Waals surface area contributed by atoms with Gasteiger partial charge in [0.15, 0.2) is 0 Å². The van der Waals surface area contributed by atoms with Crippen molar-refractivity contribution < 1.29 is 0 Å². The van der Waals surface area contributed by atoms with Crippen LogP contribution in [0.3, 0.4) is 0 Å². The van der Waals surface area contributed by atoms with Gasteiger partial charge in [-0.2, -0.15) is 11.8 Å². The van der Waals surface area contributed by atoms with E-state index in [9.17, 15) is 0 Å². The second-order valence-corrected chi connectivity index (χ2v) is 4.82. The molecule has 5 heteroatoms. The number of aromatic nitrogens is 1. The van der Waals surface area contributed by atoms with Crippen molar-refractivity contribution in [2.75, 3.05) is 17.3 Å². The van der Waals surface area contributed by atoms with E-state index in [1.54, 1.807) is 6.20 Å². The largest absolute Gasteiger partial charge is 0.388 e. The topological polar surface area (TPSA) is 50.9 Å². The first kappa shape index (κ1) is 13.3. The lowest BCUT2D eigenvalue weighted by Crippen LogP contribution is -2.24. The van der Waals surface area contributed by atoms with Gasteiger partial charge in [0, 0.05) is 18.0 Å². The van der Waals surface area contributed by atoms with Crippen molar-refractivity contribution in [3.8, 4) is 0 Å². The highest BCUT2D eigenvalue weighted by Crippen LogP contribution is 2.15. The summed E-state index contributed by atoms with van der Waals surface area (Å²) in [5.74, 6) is 1.06. The number of thioether (sulfide) groups is 1. The SMILES string of the molecule is CCC(CSC)Nc1cccnc1C(N)=S. The Morgan fingerprint density at radius 2 is 2.44 bits per heavy atom. The van der Waals surface area contributed by atoms with Crippen molar-refractivity contribution in [1.82, 2.24) is 4.98 Å². The summed E-state index contributed by atoms with van der Waals surface area (Å²) >= 11 is 6.79. The summed E-state index contributed by atoms with van der Waals surface area (Å²) in [6.07, 6.45) is 4.86. The molecule has 0 aliphatic rings. The van der Waals surface area contributed by atoms with Gasteiger partial charge in [-0.15, -0.1) is 0 Å². The molecule has 3 N–H and O–H groups in total. The Kier molecular flexibility index (Phi) is 5.55. The van der Waals surface area contributed by atoms with Gasteiger partial charge in [-0.1, -0.05) is 19.1 Å². The van der Waals surface area contributed by atoms with Crippen LogP contribution in [0.25, 0.3) is 0 Å². The van der Waals surface area contributed by atoms with E-state index in [1.807, 2.05) is 23.9 Å². The van der Waals surface area contributed by atoms with E-state index in [1.165, 1.54) is 0 Å². The van der Waals surface area contributed by atoms with Gasteiger partial charge in [0.05, 0.1) is 5.69 Å². The monoisotopic (exact) mass is 255 g/mol. The molecule has 1 rings (SSSR count). The van der Waals surface area contributed by atoms with Gasteiger partial charge < -0.3 is 11.1 Å². The first-order chi connectivity index (χ1) is 7.69. The third-order valence-electron chi connectivity index (χ3n) is 2.26. The molecule has 1 atom stereocenters. The smallest absolute Gasteiger partial charge is 0.124 e. The fraction of sp³-hybridized carbons (Fsp3) is 0.455. The van der Waals surface area contributed by atoms with Crippen molar-refractivity contribution in [2.45, 2.75) is 19.4 Å². The molecule has 88 valence electrons. The molecule has 0 aliphatic carbocycles. The molecule has 0 fully saturated rings. The van der Waals surface area contributed by atoms with Gasteiger partial charge in [0.25, 0.3) is 0 Å². The zero-order chi connectivity index (χ0) is 12.0. The van der Waals surface area contributed by atoms with Crippen molar-refractivity contribution in [1.29, 1.82) is 0 Å². The minimum absolute atomic E-state index is 0.335. The number of nitrogens with two attached hydrogens (primary N) is 1. The standard InChI is InChI=1S/C11H17N3S2/c1-3-8(7-16-2)14-9-5-4-6-13-10(9)11(12)15/h4-6,8,14H,3,7H2,1-2H3,(H2,12,15). The molecule has 0 aromatic carbocycles. The highest BCUT2D eigenvalue weighted by Gasteiger charge is 2.10. The molecule has 1 aromatic rings. The van der Waals surface area contributed by atoms with Crippen LogP contribution in [0.15, 0.2) is 18.3 Å². The predicted octanol–water partition coefficient (Wildman–Crippen LogP) is 2.27. The molecule has 1 unspecified atom stereocenters. The number of rotatable bonds is 6. The molecule has 0 saturated heterocycles. The Hall–Kier alpha value is -0.810. The van der Waals surface area contributed by atoms with Crippen LogP contribution in [0, 0.1) is 0 Å². The summed E-state index contributed by atoms with van der Waals surface area (Å²) in [5.41, 5.74) is 7.23. The van der Waals surface area contributed by atoms with Gasteiger partial charge >= 0.3 is 0 Å². The van der Waals surface area contributed by atoms with Crippen LogP contribution in [0.4, 0.5) is 5.69 Å². The van der Waals surface area contributed by atoms with Crippen LogP contribution in [-0.4, -0.2) is 28.0 Å². The van der Waals surface area contributed by atoms with Gasteiger partial charge in [-0.3, -0.25) is 4.98 Å². The number of hydrogen-bond acceptors (Lipinski definition) is 4. The van der Waals surface area contributed by atoms with E-state index in [4.69, 9.17) is 18.0 Å². The number of nitrogens with one attached hydrogen (secondary N) is 1. The Labute approximate surface area is 106 Å². The number of nitrogens with zero attached hydrogens (tertiary/aromatic N) is 1. The molecule has 0 radical (unpaired) electrons. The second kappa shape index (κ2) is 6.70. The fourth-order valence-corrected chi connectivity index (χ4v) is 2.28. The van der Waals surface area contributed by atoms with Crippen LogP contribution in [-0.2, 0) is 0 Å².